The van der Waals surface area contributed by atoms with Crippen molar-refractivity contribution >= 4 is 46.4 Å². The second-order valence-electron chi connectivity index (χ2n) is 4.40. The maximum absolute atomic E-state index is 6.17. The molecule has 0 aliphatic heterocycles. The Bertz CT molecular complexity index is 575. The third kappa shape index (κ3) is 3.40. The highest BCUT2D eigenvalue weighted by Gasteiger charge is 2.19. The molecule has 0 heterocycles. The van der Waals surface area contributed by atoms with E-state index < -0.39 is 12.1 Å². The first kappa shape index (κ1) is 15.9. The lowest BCUT2D eigenvalue weighted by atomic mass is 9.95. The number of hydrogen-bond acceptors (Lipinski definition) is 2. The summed E-state index contributed by atoms with van der Waals surface area (Å²) in [4.78, 5) is 0. The fourth-order valence-corrected chi connectivity index (χ4v) is 2.47. The van der Waals surface area contributed by atoms with Gasteiger partial charge in [-0.05, 0) is 35.4 Å². The van der Waals surface area contributed by atoms with Crippen molar-refractivity contribution in [3.63, 3.8) is 0 Å². The zero-order valence-corrected chi connectivity index (χ0v) is 13.3. The summed E-state index contributed by atoms with van der Waals surface area (Å²) in [5, 5.41) is 1.85. The lowest BCUT2D eigenvalue weighted by molar-refractivity contribution is 0.574. The molecule has 6 heteroatoms. The highest BCUT2D eigenvalue weighted by atomic mass is 35.5. The van der Waals surface area contributed by atoms with Crippen molar-refractivity contribution in [3.8, 4) is 0 Å². The van der Waals surface area contributed by atoms with E-state index in [0.717, 1.165) is 11.1 Å². The topological polar surface area (TPSA) is 52.0 Å². The molecule has 0 radical (unpaired) electrons. The van der Waals surface area contributed by atoms with E-state index in [-0.39, 0.29) is 0 Å². The molecule has 0 aromatic heterocycles. The van der Waals surface area contributed by atoms with Gasteiger partial charge in [-0.1, -0.05) is 58.5 Å². The normalized spacial score (nSPS) is 14.1. The largest absolute Gasteiger partial charge is 0.322 e. The summed E-state index contributed by atoms with van der Waals surface area (Å²) >= 11 is 23.7. The molecule has 0 unspecified atom stereocenters. The SMILES string of the molecule is N[C@@H](c1ccc(Cl)c(Cl)c1)[C@@H](N)c1ccc(Cl)c(Cl)c1. The van der Waals surface area contributed by atoms with Gasteiger partial charge in [0.15, 0.2) is 0 Å². The van der Waals surface area contributed by atoms with Crippen LogP contribution >= 0.6 is 46.4 Å². The average molecular weight is 350 g/mol. The van der Waals surface area contributed by atoms with Crippen molar-refractivity contribution in [1.82, 2.24) is 0 Å². The van der Waals surface area contributed by atoms with Gasteiger partial charge in [-0.2, -0.15) is 0 Å². The molecule has 2 atom stereocenters. The molecule has 0 fully saturated rings. The summed E-state index contributed by atoms with van der Waals surface area (Å²) in [6.07, 6.45) is 0. The van der Waals surface area contributed by atoms with Crippen molar-refractivity contribution < 1.29 is 0 Å². The van der Waals surface area contributed by atoms with Gasteiger partial charge >= 0.3 is 0 Å². The van der Waals surface area contributed by atoms with E-state index in [9.17, 15) is 0 Å². The van der Waals surface area contributed by atoms with E-state index in [1.165, 1.54) is 0 Å². The Balaban J connectivity index is 2.29. The van der Waals surface area contributed by atoms with Crippen LogP contribution in [0.2, 0.25) is 20.1 Å². The second-order valence-corrected chi connectivity index (χ2v) is 6.03. The standard InChI is InChI=1S/C14H12Cl4N2/c15-9-3-1-7(5-11(9)17)13(19)14(20)8-2-4-10(16)12(18)6-8/h1-6,13-14H,19-20H2/t13-,14-/m0/s1. The van der Waals surface area contributed by atoms with Gasteiger partial charge < -0.3 is 11.5 Å². The molecule has 4 N–H and O–H groups in total. The van der Waals surface area contributed by atoms with Crippen molar-refractivity contribution in [2.75, 3.05) is 0 Å². The highest BCUT2D eigenvalue weighted by molar-refractivity contribution is 6.42. The van der Waals surface area contributed by atoms with E-state index in [1.807, 2.05) is 0 Å². The molecule has 0 amide bonds. The number of hydrogen-bond donors (Lipinski definition) is 2. The number of halogens is 4. The Hall–Kier alpha value is -0.480. The van der Waals surface area contributed by atoms with Crippen molar-refractivity contribution in [1.29, 1.82) is 0 Å². The van der Waals surface area contributed by atoms with Crippen LogP contribution in [0.15, 0.2) is 36.4 Å². The fourth-order valence-electron chi connectivity index (χ4n) is 1.85. The minimum Gasteiger partial charge on any atom is -0.322 e. The molecule has 2 rings (SSSR count). The highest BCUT2D eigenvalue weighted by Crippen LogP contribution is 2.32. The molecule has 106 valence electrons. The van der Waals surface area contributed by atoms with E-state index in [1.54, 1.807) is 36.4 Å². The lowest BCUT2D eigenvalue weighted by Crippen LogP contribution is -2.26. The molecule has 2 aromatic carbocycles. The third-order valence-corrected chi connectivity index (χ3v) is 4.52. The van der Waals surface area contributed by atoms with E-state index in [4.69, 9.17) is 57.9 Å². The summed E-state index contributed by atoms with van der Waals surface area (Å²) < 4.78 is 0. The molecule has 2 nitrogen and oxygen atoms in total. The Kier molecular flexibility index (Phi) is 5.19. The summed E-state index contributed by atoms with van der Waals surface area (Å²) in [5.41, 5.74) is 14.0. The molecular weight excluding hydrogens is 338 g/mol. The van der Waals surface area contributed by atoms with Crippen molar-refractivity contribution in [2.45, 2.75) is 12.1 Å². The molecule has 0 saturated heterocycles. The summed E-state index contributed by atoms with van der Waals surface area (Å²) in [6.45, 7) is 0. The minimum absolute atomic E-state index is 0.429. The smallest absolute Gasteiger partial charge is 0.0595 e. The van der Waals surface area contributed by atoms with Gasteiger partial charge in [0.1, 0.15) is 0 Å². The molecule has 2 aromatic rings. The van der Waals surface area contributed by atoms with Gasteiger partial charge in [0.05, 0.1) is 20.1 Å². The van der Waals surface area contributed by atoms with Crippen LogP contribution in [-0.4, -0.2) is 0 Å². The second kappa shape index (κ2) is 6.52. The quantitative estimate of drug-likeness (QED) is 0.819. The maximum atomic E-state index is 6.17. The Morgan fingerprint density at radius 3 is 1.25 bits per heavy atom. The number of rotatable bonds is 3. The van der Waals surface area contributed by atoms with Gasteiger partial charge in [0.25, 0.3) is 0 Å². The van der Waals surface area contributed by atoms with Crippen LogP contribution in [0.4, 0.5) is 0 Å². The van der Waals surface area contributed by atoms with Gasteiger partial charge in [-0.25, -0.2) is 0 Å². The van der Waals surface area contributed by atoms with Crippen LogP contribution < -0.4 is 11.5 Å². The summed E-state index contributed by atoms with van der Waals surface area (Å²) in [7, 11) is 0. The van der Waals surface area contributed by atoms with Gasteiger partial charge in [-0.3, -0.25) is 0 Å². The fraction of sp³-hybridized carbons (Fsp3) is 0.143. The summed E-state index contributed by atoms with van der Waals surface area (Å²) in [6, 6.07) is 9.56. The third-order valence-electron chi connectivity index (χ3n) is 3.04. The Labute approximate surface area is 137 Å². The van der Waals surface area contributed by atoms with Crippen LogP contribution in [0.1, 0.15) is 23.2 Å². The van der Waals surface area contributed by atoms with Crippen LogP contribution in [0.25, 0.3) is 0 Å². The van der Waals surface area contributed by atoms with Crippen LogP contribution in [0, 0.1) is 0 Å². The molecule has 0 spiro atoms. The average Bonchev–Trinajstić information content (AvgIpc) is 2.43. The zero-order chi connectivity index (χ0) is 14.9. The number of benzene rings is 2. The van der Waals surface area contributed by atoms with E-state index >= 15 is 0 Å². The van der Waals surface area contributed by atoms with Gasteiger partial charge in [0.2, 0.25) is 0 Å². The molecule has 0 bridgehead atoms. The van der Waals surface area contributed by atoms with E-state index in [0.29, 0.717) is 20.1 Å². The lowest BCUT2D eigenvalue weighted by Gasteiger charge is -2.21. The van der Waals surface area contributed by atoms with Crippen LogP contribution in [-0.2, 0) is 0 Å². The predicted octanol–water partition coefficient (Wildman–Crippen LogP) is 5.00. The molecule has 0 saturated carbocycles. The van der Waals surface area contributed by atoms with Crippen molar-refractivity contribution in [2.24, 2.45) is 11.5 Å². The summed E-state index contributed by atoms with van der Waals surface area (Å²) in [5.74, 6) is 0. The monoisotopic (exact) mass is 348 g/mol. The van der Waals surface area contributed by atoms with Gasteiger partial charge in [0, 0.05) is 12.1 Å². The minimum atomic E-state index is -0.429. The predicted molar refractivity (Wildman–Crippen MR) is 86.8 cm³/mol. The van der Waals surface area contributed by atoms with Crippen molar-refractivity contribution in [3.05, 3.63) is 67.6 Å². The first-order valence-corrected chi connectivity index (χ1v) is 7.32. The molecular formula is C14H12Cl4N2. The Morgan fingerprint density at radius 2 is 0.950 bits per heavy atom. The van der Waals surface area contributed by atoms with E-state index in [2.05, 4.69) is 0 Å². The van der Waals surface area contributed by atoms with Gasteiger partial charge in [-0.15, -0.1) is 0 Å². The molecule has 20 heavy (non-hydrogen) atoms. The first-order valence-electron chi connectivity index (χ1n) is 5.81. The zero-order valence-electron chi connectivity index (χ0n) is 10.3. The first-order chi connectivity index (χ1) is 9.40. The van der Waals surface area contributed by atoms with Crippen LogP contribution in [0.3, 0.4) is 0 Å². The number of nitrogens with two attached hydrogens (primary N) is 2. The molecule has 0 aliphatic rings. The maximum Gasteiger partial charge on any atom is 0.0595 e. The molecule has 0 aliphatic carbocycles. The van der Waals surface area contributed by atoms with Crippen LogP contribution in [0.5, 0.6) is 0 Å². The Morgan fingerprint density at radius 1 is 0.600 bits per heavy atom.